The van der Waals surface area contributed by atoms with Gasteiger partial charge in [-0.1, -0.05) is 18.2 Å². The van der Waals surface area contributed by atoms with Crippen LogP contribution in [0.4, 0.5) is 5.69 Å². The Morgan fingerprint density at radius 1 is 1.09 bits per heavy atom. The molecule has 0 saturated heterocycles. The number of nitrogens with two attached hydrogens (primary N) is 1. The molecule has 2 heterocycles. The maximum Gasteiger partial charge on any atom is 0.238 e. The first-order chi connectivity index (χ1) is 11.0. The summed E-state index contributed by atoms with van der Waals surface area (Å²) in [4.78, 5) is 0.0881. The van der Waals surface area contributed by atoms with Crippen molar-refractivity contribution in [1.82, 2.24) is 9.78 Å². The van der Waals surface area contributed by atoms with Gasteiger partial charge >= 0.3 is 0 Å². The van der Waals surface area contributed by atoms with Crippen LogP contribution in [0.5, 0.6) is 0 Å². The van der Waals surface area contributed by atoms with E-state index >= 15 is 0 Å². The molecule has 0 spiro atoms. The molecule has 0 unspecified atom stereocenters. The molecule has 4 rings (SSSR count). The molecule has 116 valence electrons. The second kappa shape index (κ2) is 4.94. The van der Waals surface area contributed by atoms with Crippen molar-refractivity contribution in [2.45, 2.75) is 11.4 Å². The van der Waals surface area contributed by atoms with Crippen LogP contribution in [-0.2, 0) is 16.6 Å². The Hall–Kier alpha value is -2.64. The van der Waals surface area contributed by atoms with Crippen LogP contribution < -0.4 is 10.5 Å². The Bertz CT molecular complexity index is 991. The minimum Gasteiger partial charge on any atom is -0.380 e. The van der Waals surface area contributed by atoms with Crippen molar-refractivity contribution in [3.05, 3.63) is 60.3 Å². The van der Waals surface area contributed by atoms with Crippen molar-refractivity contribution < 1.29 is 8.42 Å². The summed E-state index contributed by atoms with van der Waals surface area (Å²) in [5.74, 6) is 0. The third kappa shape index (κ3) is 2.39. The maximum atomic E-state index is 11.3. The van der Waals surface area contributed by atoms with Gasteiger partial charge in [0.1, 0.15) is 0 Å². The fourth-order valence-corrected chi connectivity index (χ4v) is 3.24. The smallest absolute Gasteiger partial charge is 0.238 e. The van der Waals surface area contributed by atoms with E-state index in [1.807, 2.05) is 30.5 Å². The van der Waals surface area contributed by atoms with E-state index in [4.69, 9.17) is 5.14 Å². The summed E-state index contributed by atoms with van der Waals surface area (Å²) in [6, 6.07) is 14.4. The number of nitrogens with one attached hydrogen (secondary N) is 1. The van der Waals surface area contributed by atoms with Crippen LogP contribution in [0.3, 0.4) is 0 Å². The second-order valence-corrected chi connectivity index (χ2v) is 6.95. The van der Waals surface area contributed by atoms with Crippen molar-refractivity contribution in [3.8, 4) is 16.9 Å². The number of sulfonamides is 1. The number of anilines is 1. The SMILES string of the molecule is NS(=O)(=O)c1ccc(-n2cc3c(n2)-c2ccccc2NC3)cc1. The number of aromatic nitrogens is 2. The summed E-state index contributed by atoms with van der Waals surface area (Å²) < 4.78 is 24.4. The fourth-order valence-electron chi connectivity index (χ4n) is 2.72. The molecule has 0 saturated carbocycles. The molecule has 23 heavy (non-hydrogen) atoms. The van der Waals surface area contributed by atoms with Gasteiger partial charge in [0, 0.05) is 29.6 Å². The summed E-state index contributed by atoms with van der Waals surface area (Å²) >= 11 is 0. The Kier molecular flexibility index (Phi) is 3.00. The van der Waals surface area contributed by atoms with E-state index < -0.39 is 10.0 Å². The number of rotatable bonds is 2. The van der Waals surface area contributed by atoms with Gasteiger partial charge in [-0.3, -0.25) is 0 Å². The molecular formula is C16H14N4O2S. The van der Waals surface area contributed by atoms with Gasteiger partial charge in [-0.15, -0.1) is 0 Å². The summed E-state index contributed by atoms with van der Waals surface area (Å²) in [5, 5.41) is 13.1. The van der Waals surface area contributed by atoms with Crippen LogP contribution in [0.1, 0.15) is 5.56 Å². The third-order valence-corrected chi connectivity index (χ3v) is 4.80. The molecule has 2 aromatic carbocycles. The van der Waals surface area contributed by atoms with Crippen LogP contribution in [-0.4, -0.2) is 18.2 Å². The molecule has 3 N–H and O–H groups in total. The summed E-state index contributed by atoms with van der Waals surface area (Å²) in [7, 11) is -3.68. The molecule has 0 fully saturated rings. The Morgan fingerprint density at radius 2 is 1.83 bits per heavy atom. The lowest BCUT2D eigenvalue weighted by atomic mass is 10.0. The third-order valence-electron chi connectivity index (χ3n) is 3.87. The van der Waals surface area contributed by atoms with Crippen LogP contribution >= 0.6 is 0 Å². The zero-order chi connectivity index (χ0) is 16.0. The van der Waals surface area contributed by atoms with Gasteiger partial charge in [-0.2, -0.15) is 5.10 Å². The molecule has 0 bridgehead atoms. The molecule has 6 nitrogen and oxygen atoms in total. The lowest BCUT2D eigenvalue weighted by molar-refractivity contribution is 0.598. The quantitative estimate of drug-likeness (QED) is 0.755. The molecular weight excluding hydrogens is 312 g/mol. The number of fused-ring (bicyclic) bond motifs is 3. The Balaban J connectivity index is 1.77. The molecule has 1 aromatic heterocycles. The molecule has 0 amide bonds. The largest absolute Gasteiger partial charge is 0.380 e. The summed E-state index contributed by atoms with van der Waals surface area (Å²) in [5.41, 5.74) is 4.95. The summed E-state index contributed by atoms with van der Waals surface area (Å²) in [6.07, 6.45) is 1.95. The molecule has 0 radical (unpaired) electrons. The van der Waals surface area contributed by atoms with E-state index in [2.05, 4.69) is 10.4 Å². The highest BCUT2D eigenvalue weighted by atomic mass is 32.2. The van der Waals surface area contributed by atoms with E-state index in [1.54, 1.807) is 16.8 Å². The van der Waals surface area contributed by atoms with E-state index in [1.165, 1.54) is 12.1 Å². The van der Waals surface area contributed by atoms with E-state index in [-0.39, 0.29) is 4.90 Å². The highest BCUT2D eigenvalue weighted by Crippen LogP contribution is 2.34. The highest BCUT2D eigenvalue weighted by Gasteiger charge is 2.19. The van der Waals surface area contributed by atoms with Crippen LogP contribution in [0.25, 0.3) is 16.9 Å². The first-order valence-corrected chi connectivity index (χ1v) is 8.62. The lowest BCUT2D eigenvalue weighted by Crippen LogP contribution is -2.12. The highest BCUT2D eigenvalue weighted by molar-refractivity contribution is 7.89. The molecule has 0 atom stereocenters. The zero-order valence-corrected chi connectivity index (χ0v) is 12.9. The van der Waals surface area contributed by atoms with Gasteiger partial charge < -0.3 is 5.32 Å². The van der Waals surface area contributed by atoms with Gasteiger partial charge in [-0.25, -0.2) is 18.2 Å². The monoisotopic (exact) mass is 326 g/mol. The predicted octanol–water partition coefficient (Wildman–Crippen LogP) is 2.11. The Morgan fingerprint density at radius 3 is 2.57 bits per heavy atom. The van der Waals surface area contributed by atoms with E-state index in [9.17, 15) is 8.42 Å². The van der Waals surface area contributed by atoms with E-state index in [0.717, 1.165) is 28.2 Å². The summed E-state index contributed by atoms with van der Waals surface area (Å²) in [6.45, 7) is 0.710. The minimum absolute atomic E-state index is 0.0881. The topological polar surface area (TPSA) is 90.0 Å². The first kappa shape index (κ1) is 14.0. The molecule has 1 aliphatic heterocycles. The van der Waals surface area contributed by atoms with Crippen LogP contribution in [0.15, 0.2) is 59.6 Å². The van der Waals surface area contributed by atoms with Crippen molar-refractivity contribution >= 4 is 15.7 Å². The number of para-hydroxylation sites is 1. The van der Waals surface area contributed by atoms with Crippen molar-refractivity contribution in [1.29, 1.82) is 0 Å². The van der Waals surface area contributed by atoms with Gasteiger partial charge in [-0.05, 0) is 30.3 Å². The van der Waals surface area contributed by atoms with Gasteiger partial charge in [0.25, 0.3) is 0 Å². The lowest BCUT2D eigenvalue weighted by Gasteiger charge is -2.16. The zero-order valence-electron chi connectivity index (χ0n) is 12.1. The second-order valence-electron chi connectivity index (χ2n) is 5.39. The number of benzene rings is 2. The van der Waals surface area contributed by atoms with Crippen LogP contribution in [0, 0.1) is 0 Å². The van der Waals surface area contributed by atoms with Gasteiger partial charge in [0.05, 0.1) is 16.3 Å². The average Bonchev–Trinajstić information content (AvgIpc) is 2.99. The number of hydrogen-bond donors (Lipinski definition) is 2. The van der Waals surface area contributed by atoms with Gasteiger partial charge in [0.2, 0.25) is 10.0 Å². The minimum atomic E-state index is -3.68. The van der Waals surface area contributed by atoms with E-state index in [0.29, 0.717) is 6.54 Å². The maximum absolute atomic E-state index is 11.3. The molecule has 0 aliphatic carbocycles. The van der Waals surface area contributed by atoms with Crippen molar-refractivity contribution in [3.63, 3.8) is 0 Å². The molecule has 3 aromatic rings. The van der Waals surface area contributed by atoms with Crippen molar-refractivity contribution in [2.75, 3.05) is 5.32 Å². The first-order valence-electron chi connectivity index (χ1n) is 7.07. The number of hydrogen-bond acceptors (Lipinski definition) is 4. The predicted molar refractivity (Wildman–Crippen MR) is 87.7 cm³/mol. The number of nitrogens with zero attached hydrogens (tertiary/aromatic N) is 2. The normalized spacial score (nSPS) is 13.1. The van der Waals surface area contributed by atoms with Crippen LogP contribution in [0.2, 0.25) is 0 Å². The standard InChI is InChI=1S/C16H14N4O2S/c17-23(21,22)13-7-5-12(6-8-13)20-10-11-9-18-15-4-2-1-3-14(15)16(11)19-20/h1-8,10,18H,9H2,(H2,17,21,22). The Labute approximate surface area is 133 Å². The van der Waals surface area contributed by atoms with Crippen molar-refractivity contribution in [2.24, 2.45) is 5.14 Å². The van der Waals surface area contributed by atoms with Gasteiger partial charge in [0.15, 0.2) is 0 Å². The molecule has 1 aliphatic rings. The fraction of sp³-hybridized carbons (Fsp3) is 0.0625. The molecule has 7 heteroatoms. The average molecular weight is 326 g/mol. The number of primary sulfonamides is 1.